The van der Waals surface area contributed by atoms with Gasteiger partial charge in [0.15, 0.2) is 0 Å². The van der Waals surface area contributed by atoms with E-state index >= 15 is 0 Å². The van der Waals surface area contributed by atoms with Crippen molar-refractivity contribution in [2.75, 3.05) is 13.1 Å². The van der Waals surface area contributed by atoms with Gasteiger partial charge in [0, 0.05) is 0 Å². The maximum Gasteiger partial charge on any atom is -0.00148 e. The topological polar surface area (TPSA) is 12.0 Å². The molecule has 1 N–H and O–H groups in total. The lowest BCUT2D eigenvalue weighted by atomic mass is 9.85. The molecule has 114 valence electrons. The lowest BCUT2D eigenvalue weighted by Gasteiger charge is -2.24. The minimum atomic E-state index is 0.717. The molecule has 1 atom stereocenters. The van der Waals surface area contributed by atoms with Gasteiger partial charge < -0.3 is 5.32 Å². The van der Waals surface area contributed by atoms with Crippen molar-refractivity contribution in [2.24, 2.45) is 17.8 Å². The Morgan fingerprint density at radius 3 is 1.90 bits per heavy atom. The molecule has 0 fully saturated rings. The second-order valence-corrected chi connectivity index (χ2v) is 7.14. The molecule has 0 saturated heterocycles. The Morgan fingerprint density at radius 2 is 1.45 bits per heavy atom. The van der Waals surface area contributed by atoms with Gasteiger partial charge in [-0.25, -0.2) is 0 Å². The summed E-state index contributed by atoms with van der Waals surface area (Å²) in [5, 5.41) is 3.64. The molecule has 0 aromatic heterocycles. The third-order valence-electron chi connectivity index (χ3n) is 4.21. The Hall–Kier alpha value is -0.820. The van der Waals surface area contributed by atoms with E-state index in [4.69, 9.17) is 0 Å². The Bertz CT molecular complexity index is 395. The van der Waals surface area contributed by atoms with Crippen LogP contribution < -0.4 is 5.32 Å². The molecule has 0 saturated carbocycles. The monoisotopic (exact) mass is 275 g/mol. The zero-order chi connectivity index (χ0) is 15.3. The van der Waals surface area contributed by atoms with Crippen molar-refractivity contribution in [1.82, 2.24) is 5.32 Å². The average Bonchev–Trinajstić information content (AvgIpc) is 2.30. The summed E-state index contributed by atoms with van der Waals surface area (Å²) in [5.74, 6) is 2.16. The van der Waals surface area contributed by atoms with Gasteiger partial charge in [-0.3, -0.25) is 0 Å². The summed E-state index contributed by atoms with van der Waals surface area (Å²) in [7, 11) is 0. The van der Waals surface area contributed by atoms with E-state index < -0.39 is 0 Å². The van der Waals surface area contributed by atoms with Crippen molar-refractivity contribution < 1.29 is 0 Å². The maximum absolute atomic E-state index is 3.64. The molecule has 1 unspecified atom stereocenters. The van der Waals surface area contributed by atoms with Gasteiger partial charge in [0.05, 0.1) is 0 Å². The van der Waals surface area contributed by atoms with Crippen LogP contribution in [-0.4, -0.2) is 13.1 Å². The summed E-state index contributed by atoms with van der Waals surface area (Å²) < 4.78 is 0. The Labute approximate surface area is 126 Å². The predicted molar refractivity (Wildman–Crippen MR) is 90.4 cm³/mol. The summed E-state index contributed by atoms with van der Waals surface area (Å²) in [5.41, 5.74) is 5.84. The Balaban J connectivity index is 2.75. The van der Waals surface area contributed by atoms with Crippen molar-refractivity contribution in [2.45, 2.75) is 54.9 Å². The lowest BCUT2D eigenvalue weighted by Crippen LogP contribution is -2.30. The zero-order valence-electron chi connectivity index (χ0n) is 14.5. The molecule has 1 nitrogen and oxygen atoms in total. The molecule has 0 amide bonds. The number of hydrogen-bond donors (Lipinski definition) is 1. The molecule has 0 bridgehead atoms. The van der Waals surface area contributed by atoms with E-state index in [1.54, 1.807) is 5.56 Å². The summed E-state index contributed by atoms with van der Waals surface area (Å²) in [6.07, 6.45) is 1.20. The van der Waals surface area contributed by atoms with E-state index in [0.29, 0.717) is 5.92 Å². The molecule has 0 aliphatic carbocycles. The van der Waals surface area contributed by atoms with Crippen LogP contribution in [0, 0.1) is 38.5 Å². The van der Waals surface area contributed by atoms with E-state index in [1.165, 1.54) is 23.1 Å². The van der Waals surface area contributed by atoms with E-state index in [1.807, 2.05) is 0 Å². The van der Waals surface area contributed by atoms with Crippen LogP contribution in [0.4, 0.5) is 0 Å². The highest BCUT2D eigenvalue weighted by molar-refractivity contribution is 5.37. The molecule has 0 heterocycles. The van der Waals surface area contributed by atoms with Gasteiger partial charge in [-0.1, -0.05) is 45.4 Å². The van der Waals surface area contributed by atoms with Crippen molar-refractivity contribution >= 4 is 0 Å². The van der Waals surface area contributed by atoms with Gasteiger partial charge in [-0.2, -0.15) is 0 Å². The van der Waals surface area contributed by atoms with Crippen LogP contribution in [0.3, 0.4) is 0 Å². The summed E-state index contributed by atoms with van der Waals surface area (Å²) in [6.45, 7) is 18.2. The van der Waals surface area contributed by atoms with E-state index in [0.717, 1.165) is 24.9 Å². The molecule has 1 aromatic rings. The lowest BCUT2D eigenvalue weighted by molar-refractivity contribution is 0.352. The quantitative estimate of drug-likeness (QED) is 0.762. The summed E-state index contributed by atoms with van der Waals surface area (Å²) >= 11 is 0. The minimum Gasteiger partial charge on any atom is -0.316 e. The van der Waals surface area contributed by atoms with Gasteiger partial charge in [0.1, 0.15) is 0 Å². The number of rotatable bonds is 7. The van der Waals surface area contributed by atoms with Gasteiger partial charge in [-0.15, -0.1) is 0 Å². The molecule has 0 spiro atoms. The molecule has 1 aromatic carbocycles. The normalized spacial score (nSPS) is 13.2. The standard InChI is InChI=1S/C19H33N/c1-13(2)11-20-12-18(14(3)4)10-19-16(6)8-15(5)9-17(19)7/h8-9,13-14,18,20H,10-12H2,1-7H3. The minimum absolute atomic E-state index is 0.717. The average molecular weight is 275 g/mol. The second-order valence-electron chi connectivity index (χ2n) is 7.14. The number of nitrogens with one attached hydrogen (secondary N) is 1. The molecule has 0 aliphatic rings. The van der Waals surface area contributed by atoms with Crippen molar-refractivity contribution in [3.8, 4) is 0 Å². The van der Waals surface area contributed by atoms with Crippen LogP contribution in [0.25, 0.3) is 0 Å². The fraction of sp³-hybridized carbons (Fsp3) is 0.684. The number of aryl methyl sites for hydroxylation is 3. The third kappa shape index (κ3) is 5.28. The van der Waals surface area contributed by atoms with Crippen LogP contribution in [0.1, 0.15) is 49.9 Å². The number of benzene rings is 1. The molecule has 1 heteroatoms. The maximum atomic E-state index is 3.64. The largest absolute Gasteiger partial charge is 0.316 e. The highest BCUT2D eigenvalue weighted by Gasteiger charge is 2.16. The first-order valence-electron chi connectivity index (χ1n) is 8.08. The van der Waals surface area contributed by atoms with E-state index in [-0.39, 0.29) is 0 Å². The highest BCUT2D eigenvalue weighted by Crippen LogP contribution is 2.23. The zero-order valence-corrected chi connectivity index (χ0v) is 14.5. The first-order chi connectivity index (χ1) is 9.31. The highest BCUT2D eigenvalue weighted by atomic mass is 14.9. The summed E-state index contributed by atoms with van der Waals surface area (Å²) in [6, 6.07) is 4.64. The fourth-order valence-corrected chi connectivity index (χ4v) is 2.90. The van der Waals surface area contributed by atoms with Crippen LogP contribution >= 0.6 is 0 Å². The van der Waals surface area contributed by atoms with Crippen molar-refractivity contribution in [3.63, 3.8) is 0 Å². The van der Waals surface area contributed by atoms with Gasteiger partial charge in [0.25, 0.3) is 0 Å². The Morgan fingerprint density at radius 1 is 0.900 bits per heavy atom. The third-order valence-corrected chi connectivity index (χ3v) is 4.21. The van der Waals surface area contributed by atoms with Gasteiger partial charge in [0.2, 0.25) is 0 Å². The van der Waals surface area contributed by atoms with Crippen LogP contribution in [-0.2, 0) is 6.42 Å². The summed E-state index contributed by atoms with van der Waals surface area (Å²) in [4.78, 5) is 0. The van der Waals surface area contributed by atoms with E-state index in [2.05, 4.69) is 65.9 Å². The Kier molecular flexibility index (Phi) is 6.75. The smallest absolute Gasteiger partial charge is 0.00148 e. The first kappa shape index (κ1) is 17.2. The predicted octanol–water partition coefficient (Wildman–Crippen LogP) is 4.67. The van der Waals surface area contributed by atoms with Gasteiger partial charge >= 0.3 is 0 Å². The molecular formula is C19H33N. The van der Waals surface area contributed by atoms with Crippen LogP contribution in [0.5, 0.6) is 0 Å². The fourth-order valence-electron chi connectivity index (χ4n) is 2.90. The molecule has 0 radical (unpaired) electrons. The second kappa shape index (κ2) is 7.83. The van der Waals surface area contributed by atoms with Crippen LogP contribution in [0.2, 0.25) is 0 Å². The number of hydrogen-bond acceptors (Lipinski definition) is 1. The van der Waals surface area contributed by atoms with Crippen molar-refractivity contribution in [3.05, 3.63) is 34.4 Å². The molecular weight excluding hydrogens is 242 g/mol. The molecule has 1 rings (SSSR count). The first-order valence-corrected chi connectivity index (χ1v) is 8.08. The van der Waals surface area contributed by atoms with Gasteiger partial charge in [-0.05, 0) is 74.7 Å². The molecule has 20 heavy (non-hydrogen) atoms. The van der Waals surface area contributed by atoms with Crippen molar-refractivity contribution in [1.29, 1.82) is 0 Å². The van der Waals surface area contributed by atoms with Crippen LogP contribution in [0.15, 0.2) is 12.1 Å². The SMILES string of the molecule is Cc1cc(C)c(CC(CNCC(C)C)C(C)C)c(C)c1. The van der Waals surface area contributed by atoms with E-state index in [9.17, 15) is 0 Å². The molecule has 0 aliphatic heterocycles.